The molecule has 1 saturated heterocycles. The zero-order chi connectivity index (χ0) is 16.6. The monoisotopic (exact) mass is 356 g/mol. The predicted octanol–water partition coefficient (Wildman–Crippen LogP) is 3.70. The quantitative estimate of drug-likeness (QED) is 0.470. The number of carbonyl (C=O) groups excluding carboxylic acids is 2. The van der Waals surface area contributed by atoms with E-state index < -0.39 is 22.3 Å². The first kappa shape index (κ1) is 16.7. The SMILES string of the molecule is COC1CCCC2(C1)OC(=O)C(c1ccccc1C(Cl)Cl)C2=O. The van der Waals surface area contributed by atoms with Gasteiger partial charge in [0, 0.05) is 13.5 Å². The van der Waals surface area contributed by atoms with E-state index in [9.17, 15) is 9.59 Å². The van der Waals surface area contributed by atoms with Crippen molar-refractivity contribution in [2.24, 2.45) is 0 Å². The van der Waals surface area contributed by atoms with Gasteiger partial charge in [-0.25, -0.2) is 0 Å². The number of hydrogen-bond donors (Lipinski definition) is 0. The molecule has 3 rings (SSSR count). The van der Waals surface area contributed by atoms with Crippen LogP contribution in [0.4, 0.5) is 0 Å². The second-order valence-corrected chi connectivity index (χ2v) is 7.19. The Hall–Kier alpha value is -1.10. The Bertz CT molecular complexity index is 631. The van der Waals surface area contributed by atoms with Gasteiger partial charge in [-0.2, -0.15) is 0 Å². The van der Waals surface area contributed by atoms with Crippen LogP contribution in [-0.2, 0) is 19.1 Å². The number of benzene rings is 1. The van der Waals surface area contributed by atoms with Gasteiger partial charge in [0.1, 0.15) is 10.8 Å². The summed E-state index contributed by atoms with van der Waals surface area (Å²) in [6.07, 6.45) is 2.55. The summed E-state index contributed by atoms with van der Waals surface area (Å²) >= 11 is 12.0. The fourth-order valence-electron chi connectivity index (χ4n) is 3.62. The third-order valence-electron chi connectivity index (χ3n) is 4.78. The van der Waals surface area contributed by atoms with Crippen LogP contribution in [0.25, 0.3) is 0 Å². The average molecular weight is 357 g/mol. The van der Waals surface area contributed by atoms with Crippen molar-refractivity contribution in [2.45, 2.75) is 48.1 Å². The Morgan fingerprint density at radius 3 is 2.74 bits per heavy atom. The molecule has 0 amide bonds. The maximum absolute atomic E-state index is 13.0. The molecule has 1 aliphatic heterocycles. The minimum atomic E-state index is -1.07. The smallest absolute Gasteiger partial charge is 0.322 e. The summed E-state index contributed by atoms with van der Waals surface area (Å²) in [7, 11) is 1.61. The van der Waals surface area contributed by atoms with E-state index in [1.54, 1.807) is 31.4 Å². The summed E-state index contributed by atoms with van der Waals surface area (Å²) < 4.78 is 11.0. The maximum atomic E-state index is 13.0. The van der Waals surface area contributed by atoms with E-state index in [2.05, 4.69) is 0 Å². The average Bonchev–Trinajstić information content (AvgIpc) is 2.77. The lowest BCUT2D eigenvalue weighted by atomic mass is 9.76. The Labute approximate surface area is 145 Å². The number of ketones is 1. The number of carbonyl (C=O) groups is 2. The molecule has 1 saturated carbocycles. The van der Waals surface area contributed by atoms with Crippen molar-refractivity contribution in [1.82, 2.24) is 0 Å². The van der Waals surface area contributed by atoms with E-state index in [0.29, 0.717) is 24.0 Å². The predicted molar refractivity (Wildman–Crippen MR) is 86.7 cm³/mol. The summed E-state index contributed by atoms with van der Waals surface area (Å²) in [6, 6.07) is 6.98. The first-order valence-electron chi connectivity index (χ1n) is 7.65. The number of hydrogen-bond acceptors (Lipinski definition) is 4. The fraction of sp³-hybridized carbons (Fsp3) is 0.529. The van der Waals surface area contributed by atoms with Crippen LogP contribution in [-0.4, -0.2) is 30.6 Å². The Morgan fingerprint density at radius 1 is 1.30 bits per heavy atom. The van der Waals surface area contributed by atoms with Crippen LogP contribution in [0.1, 0.15) is 47.6 Å². The summed E-state index contributed by atoms with van der Waals surface area (Å²) in [4.78, 5) is 24.7. The molecule has 1 aromatic carbocycles. The van der Waals surface area contributed by atoms with Gasteiger partial charge in [-0.3, -0.25) is 9.59 Å². The molecule has 2 aliphatic rings. The molecular formula is C17H18Cl2O4. The normalized spacial score (nSPS) is 31.0. The summed E-state index contributed by atoms with van der Waals surface area (Å²) in [5, 5.41) is 0. The van der Waals surface area contributed by atoms with Crippen molar-refractivity contribution in [1.29, 1.82) is 0 Å². The van der Waals surface area contributed by atoms with Crippen molar-refractivity contribution in [3.8, 4) is 0 Å². The number of ether oxygens (including phenoxy) is 2. The van der Waals surface area contributed by atoms with Gasteiger partial charge in [0.2, 0.25) is 0 Å². The molecule has 1 heterocycles. The van der Waals surface area contributed by atoms with Crippen LogP contribution in [0.2, 0.25) is 0 Å². The van der Waals surface area contributed by atoms with Gasteiger partial charge in [-0.15, -0.1) is 23.2 Å². The molecule has 0 aromatic heterocycles. The summed E-state index contributed by atoms with van der Waals surface area (Å²) in [5.41, 5.74) is 0.0400. The fourth-order valence-corrected chi connectivity index (χ4v) is 4.01. The van der Waals surface area contributed by atoms with Gasteiger partial charge in [0.25, 0.3) is 0 Å². The lowest BCUT2D eigenvalue weighted by Gasteiger charge is -2.34. The number of rotatable bonds is 3. The Morgan fingerprint density at radius 2 is 2.04 bits per heavy atom. The molecule has 4 nitrogen and oxygen atoms in total. The van der Waals surface area contributed by atoms with E-state index in [1.165, 1.54) is 0 Å². The molecule has 0 N–H and O–H groups in total. The largest absolute Gasteiger partial charge is 0.450 e. The minimum Gasteiger partial charge on any atom is -0.450 e. The van der Waals surface area contributed by atoms with Crippen LogP contribution in [0.15, 0.2) is 24.3 Å². The number of Topliss-reactive ketones (excluding diaryl/α,β-unsaturated/α-hetero) is 1. The van der Waals surface area contributed by atoms with Gasteiger partial charge < -0.3 is 9.47 Å². The number of esters is 1. The lowest BCUT2D eigenvalue weighted by molar-refractivity contribution is -0.159. The molecule has 6 heteroatoms. The highest BCUT2D eigenvalue weighted by molar-refractivity contribution is 6.44. The Kier molecular flexibility index (Phi) is 4.68. The van der Waals surface area contributed by atoms with Crippen LogP contribution in [0.3, 0.4) is 0 Å². The molecule has 0 radical (unpaired) electrons. The molecule has 23 heavy (non-hydrogen) atoms. The van der Waals surface area contributed by atoms with Gasteiger partial charge in [0.15, 0.2) is 11.4 Å². The first-order chi connectivity index (χ1) is 11.0. The minimum absolute atomic E-state index is 0.0664. The highest BCUT2D eigenvalue weighted by Crippen LogP contribution is 2.45. The van der Waals surface area contributed by atoms with Crippen molar-refractivity contribution in [3.05, 3.63) is 35.4 Å². The van der Waals surface area contributed by atoms with Gasteiger partial charge in [-0.05, 0) is 30.4 Å². The molecule has 1 aliphatic carbocycles. The standard InChI is InChI=1S/C17H18Cl2O4/c1-22-10-5-4-8-17(9-10)14(20)13(16(21)23-17)11-6-2-3-7-12(11)15(18)19/h2-3,6-7,10,13,15H,4-5,8-9H2,1H3. The molecule has 3 atom stereocenters. The van der Waals surface area contributed by atoms with Crippen molar-refractivity contribution < 1.29 is 19.1 Å². The third kappa shape index (κ3) is 2.88. The van der Waals surface area contributed by atoms with Gasteiger partial charge >= 0.3 is 5.97 Å². The van der Waals surface area contributed by atoms with Crippen molar-refractivity contribution in [3.63, 3.8) is 0 Å². The van der Waals surface area contributed by atoms with Crippen LogP contribution >= 0.6 is 23.2 Å². The molecule has 2 fully saturated rings. The molecule has 124 valence electrons. The highest BCUT2D eigenvalue weighted by Gasteiger charge is 2.57. The summed E-state index contributed by atoms with van der Waals surface area (Å²) in [5.74, 6) is -1.68. The second-order valence-electron chi connectivity index (χ2n) is 6.10. The van der Waals surface area contributed by atoms with Gasteiger partial charge in [0.05, 0.1) is 6.10 Å². The second kappa shape index (κ2) is 6.42. The number of methoxy groups -OCH3 is 1. The first-order valence-corrected chi connectivity index (χ1v) is 8.53. The van der Waals surface area contributed by atoms with Crippen molar-refractivity contribution in [2.75, 3.05) is 7.11 Å². The van der Waals surface area contributed by atoms with E-state index in [0.717, 1.165) is 12.8 Å². The summed E-state index contributed by atoms with van der Waals surface area (Å²) in [6.45, 7) is 0. The zero-order valence-corrected chi connectivity index (χ0v) is 14.3. The van der Waals surface area contributed by atoms with Crippen molar-refractivity contribution >= 4 is 35.0 Å². The number of halogens is 2. The topological polar surface area (TPSA) is 52.6 Å². The van der Waals surface area contributed by atoms with Crippen LogP contribution in [0, 0.1) is 0 Å². The van der Waals surface area contributed by atoms with Gasteiger partial charge in [-0.1, -0.05) is 24.3 Å². The molecule has 0 bridgehead atoms. The van der Waals surface area contributed by atoms with Crippen LogP contribution < -0.4 is 0 Å². The highest BCUT2D eigenvalue weighted by atomic mass is 35.5. The molecule has 1 spiro atoms. The van der Waals surface area contributed by atoms with Crippen LogP contribution in [0.5, 0.6) is 0 Å². The Balaban J connectivity index is 1.97. The zero-order valence-electron chi connectivity index (χ0n) is 12.8. The molecule has 3 unspecified atom stereocenters. The molecule has 1 aromatic rings. The maximum Gasteiger partial charge on any atom is 0.322 e. The number of alkyl halides is 2. The lowest BCUT2D eigenvalue weighted by Crippen LogP contribution is -2.44. The van der Waals surface area contributed by atoms with E-state index in [1.807, 2.05) is 0 Å². The van der Waals surface area contributed by atoms with E-state index >= 15 is 0 Å². The van der Waals surface area contributed by atoms with E-state index in [-0.39, 0.29) is 11.9 Å². The van der Waals surface area contributed by atoms with E-state index in [4.69, 9.17) is 32.7 Å². The third-order valence-corrected chi connectivity index (χ3v) is 5.25. The molecular weight excluding hydrogens is 339 g/mol.